The van der Waals surface area contributed by atoms with Gasteiger partial charge in [0.15, 0.2) is 11.5 Å². The van der Waals surface area contributed by atoms with E-state index in [2.05, 4.69) is 41.2 Å². The van der Waals surface area contributed by atoms with Crippen LogP contribution in [-0.2, 0) is 16.6 Å². The lowest BCUT2D eigenvalue weighted by molar-refractivity contribution is -0.106. The molecule has 0 spiro atoms. The summed E-state index contributed by atoms with van der Waals surface area (Å²) in [5.41, 5.74) is 1.52. The first-order valence-corrected chi connectivity index (χ1v) is 19.8. The molecule has 5 heteroatoms. The second-order valence-corrected chi connectivity index (χ2v) is 14.2. The van der Waals surface area contributed by atoms with E-state index in [1.807, 2.05) is 32.9 Å². The summed E-state index contributed by atoms with van der Waals surface area (Å²) < 4.78 is 17.8. The SMILES string of the molecule is C=C(CC)C1Oc2c(OC(=O)OCCCCCCCCCCCCC)ccc3c2C1(CCC)C(C)(O)C(CC)C3.CC.CCC1CC1. The van der Waals surface area contributed by atoms with E-state index in [4.69, 9.17) is 14.2 Å². The van der Waals surface area contributed by atoms with Gasteiger partial charge in [0, 0.05) is 5.56 Å². The minimum Gasteiger partial charge on any atom is -0.481 e. The molecule has 4 atom stereocenters. The highest BCUT2D eigenvalue weighted by Crippen LogP contribution is 2.62. The highest BCUT2D eigenvalue weighted by Gasteiger charge is 2.65. The number of hydrogen-bond acceptors (Lipinski definition) is 5. The number of ether oxygens (including phenoxy) is 3. The molecular weight excluding hydrogens is 584 g/mol. The first kappa shape index (κ1) is 41.2. The summed E-state index contributed by atoms with van der Waals surface area (Å²) in [4.78, 5) is 12.7. The van der Waals surface area contributed by atoms with Gasteiger partial charge >= 0.3 is 6.16 Å². The summed E-state index contributed by atoms with van der Waals surface area (Å²) in [5, 5.41) is 12.2. The maximum atomic E-state index is 12.7. The Hall–Kier alpha value is -2.01. The number of aliphatic hydroxyl groups is 1. The third-order valence-electron chi connectivity index (χ3n) is 10.9. The molecule has 1 fully saturated rings. The second kappa shape index (κ2) is 21.2. The number of carbonyl (C=O) groups is 1. The molecule has 270 valence electrons. The molecule has 47 heavy (non-hydrogen) atoms. The minimum absolute atomic E-state index is 0.107. The van der Waals surface area contributed by atoms with Gasteiger partial charge in [-0.2, -0.15) is 0 Å². The fraction of sp³-hybridized carbons (Fsp3) is 0.786. The number of hydrogen-bond donors (Lipinski definition) is 1. The lowest BCUT2D eigenvalue weighted by Gasteiger charge is -2.53. The summed E-state index contributed by atoms with van der Waals surface area (Å²) in [6.07, 6.45) is 21.2. The molecule has 0 aromatic heterocycles. The van der Waals surface area contributed by atoms with Crippen molar-refractivity contribution in [2.24, 2.45) is 11.8 Å². The van der Waals surface area contributed by atoms with Gasteiger partial charge in [-0.1, -0.05) is 157 Å². The quantitative estimate of drug-likeness (QED) is 0.0694. The van der Waals surface area contributed by atoms with Crippen molar-refractivity contribution in [3.63, 3.8) is 0 Å². The summed E-state index contributed by atoms with van der Waals surface area (Å²) in [5.74, 6) is 2.19. The molecule has 4 rings (SSSR count). The molecule has 2 aliphatic carbocycles. The number of carbonyl (C=O) groups excluding carboxylic acids is 1. The van der Waals surface area contributed by atoms with Crippen LogP contribution >= 0.6 is 0 Å². The lowest BCUT2D eigenvalue weighted by Crippen LogP contribution is -2.62. The first-order valence-electron chi connectivity index (χ1n) is 19.8. The fourth-order valence-electron chi connectivity index (χ4n) is 7.79. The van der Waals surface area contributed by atoms with Crippen molar-refractivity contribution in [2.75, 3.05) is 6.61 Å². The summed E-state index contributed by atoms with van der Waals surface area (Å²) in [6, 6.07) is 3.88. The molecule has 0 radical (unpaired) electrons. The van der Waals surface area contributed by atoms with Crippen LogP contribution in [0.25, 0.3) is 0 Å². The van der Waals surface area contributed by atoms with Gasteiger partial charge in [0.05, 0.1) is 17.6 Å². The van der Waals surface area contributed by atoms with Crippen LogP contribution < -0.4 is 9.47 Å². The molecule has 0 saturated heterocycles. The topological polar surface area (TPSA) is 65.0 Å². The zero-order chi connectivity index (χ0) is 34.9. The van der Waals surface area contributed by atoms with Crippen LogP contribution in [0.3, 0.4) is 0 Å². The van der Waals surface area contributed by atoms with E-state index in [9.17, 15) is 9.90 Å². The largest absolute Gasteiger partial charge is 0.513 e. The molecule has 1 aromatic carbocycles. The smallest absolute Gasteiger partial charge is 0.481 e. The van der Waals surface area contributed by atoms with Crippen LogP contribution in [0, 0.1) is 11.8 Å². The van der Waals surface area contributed by atoms with Crippen molar-refractivity contribution in [3.8, 4) is 11.5 Å². The van der Waals surface area contributed by atoms with Crippen LogP contribution in [0.2, 0.25) is 0 Å². The molecule has 0 amide bonds. The van der Waals surface area contributed by atoms with Crippen LogP contribution in [0.1, 0.15) is 182 Å². The van der Waals surface area contributed by atoms with Gasteiger partial charge < -0.3 is 19.3 Å². The van der Waals surface area contributed by atoms with E-state index in [1.54, 1.807) is 0 Å². The van der Waals surface area contributed by atoms with Crippen molar-refractivity contribution in [1.82, 2.24) is 0 Å². The van der Waals surface area contributed by atoms with E-state index in [1.165, 1.54) is 82.6 Å². The molecule has 1 aromatic rings. The maximum Gasteiger partial charge on any atom is 0.513 e. The minimum atomic E-state index is -0.979. The van der Waals surface area contributed by atoms with E-state index in [0.717, 1.165) is 62.0 Å². The lowest BCUT2D eigenvalue weighted by atomic mass is 9.52. The van der Waals surface area contributed by atoms with Crippen molar-refractivity contribution in [3.05, 3.63) is 35.4 Å². The van der Waals surface area contributed by atoms with E-state index < -0.39 is 17.2 Å². The van der Waals surface area contributed by atoms with E-state index >= 15 is 0 Å². The van der Waals surface area contributed by atoms with Crippen LogP contribution in [0.5, 0.6) is 11.5 Å². The molecule has 1 aliphatic heterocycles. The fourth-order valence-corrected chi connectivity index (χ4v) is 7.79. The van der Waals surface area contributed by atoms with Crippen molar-refractivity contribution < 1.29 is 24.1 Å². The molecule has 5 nitrogen and oxygen atoms in total. The Bertz CT molecular complexity index is 1060. The monoisotopic (exact) mass is 657 g/mol. The Labute approximate surface area is 289 Å². The molecule has 1 N–H and O–H groups in total. The zero-order valence-corrected chi connectivity index (χ0v) is 31.8. The van der Waals surface area contributed by atoms with Gasteiger partial charge in [-0.15, -0.1) is 0 Å². The van der Waals surface area contributed by atoms with Crippen LogP contribution in [-0.4, -0.2) is 29.6 Å². The van der Waals surface area contributed by atoms with Gasteiger partial charge in [-0.3, -0.25) is 0 Å². The van der Waals surface area contributed by atoms with Crippen LogP contribution in [0.15, 0.2) is 24.3 Å². The third-order valence-corrected chi connectivity index (χ3v) is 10.9. The first-order chi connectivity index (χ1) is 22.7. The molecule has 1 heterocycles. The van der Waals surface area contributed by atoms with Gasteiger partial charge in [0.25, 0.3) is 0 Å². The van der Waals surface area contributed by atoms with E-state index in [0.29, 0.717) is 18.1 Å². The highest BCUT2D eigenvalue weighted by molar-refractivity contribution is 5.69. The Balaban J connectivity index is 0.000000983. The standard InChI is InChI=1S/C35H56O5.C5H10.C2H6/c1-7-11-12-13-14-15-16-17-18-19-20-24-38-33(36)39-29-22-21-27-25-28(10-4)34(6,37)35(23-8-2)30(27)31(29)40-32(35)26(5)9-3;1-2-5-3-4-5;1-2/h21-22,28,32,37H,5,7-20,23-25H2,1-4,6H3;5H,2-4H2,1H3;1-2H3. The normalized spacial score (nSPS) is 23.8. The number of rotatable bonds is 19. The molecule has 4 unspecified atom stereocenters. The van der Waals surface area contributed by atoms with Gasteiger partial charge in [0.2, 0.25) is 0 Å². The average Bonchev–Trinajstić information content (AvgIpc) is 3.85. The maximum absolute atomic E-state index is 12.7. The van der Waals surface area contributed by atoms with Crippen molar-refractivity contribution in [2.45, 2.75) is 195 Å². The second-order valence-electron chi connectivity index (χ2n) is 14.2. The number of unbranched alkanes of at least 4 members (excludes halogenated alkanes) is 10. The Morgan fingerprint density at radius 1 is 0.894 bits per heavy atom. The third kappa shape index (κ3) is 10.7. The number of benzene rings is 1. The van der Waals surface area contributed by atoms with Crippen LogP contribution in [0.4, 0.5) is 4.79 Å². The predicted octanol–water partition coefficient (Wildman–Crippen LogP) is 12.4. The highest BCUT2D eigenvalue weighted by atomic mass is 16.7. The summed E-state index contributed by atoms with van der Waals surface area (Å²) in [7, 11) is 0. The zero-order valence-electron chi connectivity index (χ0n) is 31.8. The van der Waals surface area contributed by atoms with Gasteiger partial charge in [-0.25, -0.2) is 4.79 Å². The van der Waals surface area contributed by atoms with Crippen molar-refractivity contribution >= 4 is 6.16 Å². The average molecular weight is 657 g/mol. The van der Waals surface area contributed by atoms with Gasteiger partial charge in [-0.05, 0) is 61.6 Å². The molecule has 0 bridgehead atoms. The predicted molar refractivity (Wildman–Crippen MR) is 198 cm³/mol. The van der Waals surface area contributed by atoms with E-state index in [-0.39, 0.29) is 12.0 Å². The Kier molecular flexibility index (Phi) is 18.5. The summed E-state index contributed by atoms with van der Waals surface area (Å²) >= 11 is 0. The van der Waals surface area contributed by atoms with Gasteiger partial charge in [0.1, 0.15) is 6.10 Å². The molecular formula is C42H72O5. The van der Waals surface area contributed by atoms with Crippen molar-refractivity contribution in [1.29, 1.82) is 0 Å². The molecule has 3 aliphatic rings. The Morgan fingerprint density at radius 2 is 1.49 bits per heavy atom. The Morgan fingerprint density at radius 3 is 1.98 bits per heavy atom. The summed E-state index contributed by atoms with van der Waals surface area (Å²) in [6.45, 7) is 21.6. The molecule has 1 saturated carbocycles.